The molecule has 0 bridgehead atoms. The molecule has 0 spiro atoms. The van der Waals surface area contributed by atoms with Crippen LogP contribution in [0, 0.1) is 5.82 Å². The second kappa shape index (κ2) is 7.57. The van der Waals surface area contributed by atoms with Crippen molar-refractivity contribution in [1.82, 2.24) is 15.1 Å². The summed E-state index contributed by atoms with van der Waals surface area (Å²) >= 11 is 6.15. The number of nitrogens with zero attached hydrogens (tertiary/aromatic N) is 2. The number of hydrogen-bond acceptors (Lipinski definition) is 2. The van der Waals surface area contributed by atoms with Gasteiger partial charge in [-0.05, 0) is 37.6 Å². The van der Waals surface area contributed by atoms with Crippen molar-refractivity contribution < 1.29 is 4.39 Å². The molecule has 1 unspecified atom stereocenters. The third-order valence-electron chi connectivity index (χ3n) is 3.46. The van der Waals surface area contributed by atoms with Crippen LogP contribution in [0.5, 0.6) is 0 Å². The molecule has 0 aliphatic carbocycles. The number of rotatable bonds is 7. The van der Waals surface area contributed by atoms with Crippen LogP contribution < -0.4 is 5.32 Å². The average molecular weight is 310 g/mol. The first kappa shape index (κ1) is 16.0. The fourth-order valence-electron chi connectivity index (χ4n) is 2.50. The van der Waals surface area contributed by atoms with Crippen LogP contribution in [0.2, 0.25) is 5.02 Å². The van der Waals surface area contributed by atoms with Crippen molar-refractivity contribution in [2.75, 3.05) is 6.54 Å². The summed E-state index contributed by atoms with van der Waals surface area (Å²) in [6, 6.07) is 6.79. The van der Waals surface area contributed by atoms with Crippen LogP contribution in [0.1, 0.15) is 37.6 Å². The minimum atomic E-state index is -0.257. The van der Waals surface area contributed by atoms with E-state index in [1.807, 2.05) is 17.7 Å². The summed E-state index contributed by atoms with van der Waals surface area (Å²) in [7, 11) is 0. The molecular formula is C16H21ClFN3. The molecule has 1 aromatic carbocycles. The SMILES string of the molecule is CCCn1nccc1C(Cc1c(F)cccc1Cl)NCC. The van der Waals surface area contributed by atoms with Crippen molar-refractivity contribution in [2.24, 2.45) is 0 Å². The van der Waals surface area contributed by atoms with Gasteiger partial charge in [-0.2, -0.15) is 5.10 Å². The van der Waals surface area contributed by atoms with Crippen molar-refractivity contribution in [3.05, 3.63) is 52.6 Å². The van der Waals surface area contributed by atoms with Gasteiger partial charge >= 0.3 is 0 Å². The van der Waals surface area contributed by atoms with Crippen LogP contribution in [-0.4, -0.2) is 16.3 Å². The zero-order valence-corrected chi connectivity index (χ0v) is 13.2. The van der Waals surface area contributed by atoms with Gasteiger partial charge in [-0.15, -0.1) is 0 Å². The van der Waals surface area contributed by atoms with Crippen molar-refractivity contribution in [3.8, 4) is 0 Å². The predicted molar refractivity (Wildman–Crippen MR) is 84.0 cm³/mol. The highest BCUT2D eigenvalue weighted by molar-refractivity contribution is 6.31. The summed E-state index contributed by atoms with van der Waals surface area (Å²) < 4.78 is 16.0. The van der Waals surface area contributed by atoms with E-state index in [4.69, 9.17) is 11.6 Å². The molecule has 0 saturated heterocycles. The Kier molecular flexibility index (Phi) is 5.76. The maximum Gasteiger partial charge on any atom is 0.127 e. The number of nitrogens with one attached hydrogen (secondary N) is 1. The van der Waals surface area contributed by atoms with E-state index in [2.05, 4.69) is 17.3 Å². The van der Waals surface area contributed by atoms with E-state index in [9.17, 15) is 4.39 Å². The van der Waals surface area contributed by atoms with Crippen LogP contribution in [0.25, 0.3) is 0 Å². The first-order chi connectivity index (χ1) is 10.2. The van der Waals surface area contributed by atoms with E-state index in [1.54, 1.807) is 18.3 Å². The molecule has 2 aromatic rings. The van der Waals surface area contributed by atoms with Crippen molar-refractivity contribution >= 4 is 11.6 Å². The number of likely N-dealkylation sites (N-methyl/N-ethyl adjacent to an activating group) is 1. The molecule has 0 fully saturated rings. The molecule has 1 aromatic heterocycles. The van der Waals surface area contributed by atoms with E-state index in [0.717, 1.165) is 25.2 Å². The minimum Gasteiger partial charge on any atom is -0.309 e. The highest BCUT2D eigenvalue weighted by atomic mass is 35.5. The van der Waals surface area contributed by atoms with Gasteiger partial charge in [-0.3, -0.25) is 4.68 Å². The van der Waals surface area contributed by atoms with E-state index in [-0.39, 0.29) is 11.9 Å². The lowest BCUT2D eigenvalue weighted by Crippen LogP contribution is -2.26. The molecule has 1 N–H and O–H groups in total. The van der Waals surface area contributed by atoms with Crippen molar-refractivity contribution in [1.29, 1.82) is 0 Å². The maximum absolute atomic E-state index is 14.0. The number of aromatic nitrogens is 2. The second-order valence-electron chi connectivity index (χ2n) is 4.99. The predicted octanol–water partition coefficient (Wildman–Crippen LogP) is 3.98. The Morgan fingerprint density at radius 3 is 2.81 bits per heavy atom. The number of halogens is 2. The van der Waals surface area contributed by atoms with Crippen LogP contribution in [-0.2, 0) is 13.0 Å². The first-order valence-corrected chi connectivity index (χ1v) is 7.73. The van der Waals surface area contributed by atoms with Crippen LogP contribution in [0.3, 0.4) is 0 Å². The zero-order valence-electron chi connectivity index (χ0n) is 12.4. The minimum absolute atomic E-state index is 0.00144. The lowest BCUT2D eigenvalue weighted by molar-refractivity contribution is 0.470. The fourth-order valence-corrected chi connectivity index (χ4v) is 2.74. The molecule has 21 heavy (non-hydrogen) atoms. The second-order valence-corrected chi connectivity index (χ2v) is 5.40. The largest absolute Gasteiger partial charge is 0.309 e. The molecule has 0 aliphatic heterocycles. The molecule has 114 valence electrons. The van der Waals surface area contributed by atoms with E-state index >= 15 is 0 Å². The van der Waals surface area contributed by atoms with E-state index in [1.165, 1.54) is 6.07 Å². The molecule has 2 rings (SSSR count). The van der Waals surface area contributed by atoms with Gasteiger partial charge in [-0.25, -0.2) is 4.39 Å². The van der Waals surface area contributed by atoms with Gasteiger partial charge < -0.3 is 5.32 Å². The van der Waals surface area contributed by atoms with Crippen LogP contribution >= 0.6 is 11.6 Å². The smallest absolute Gasteiger partial charge is 0.127 e. The van der Waals surface area contributed by atoms with Gasteiger partial charge in [0.15, 0.2) is 0 Å². The Hall–Kier alpha value is -1.39. The molecule has 1 heterocycles. The Labute approximate surface area is 130 Å². The summed E-state index contributed by atoms with van der Waals surface area (Å²) in [5, 5.41) is 8.22. The Morgan fingerprint density at radius 2 is 2.14 bits per heavy atom. The summed E-state index contributed by atoms with van der Waals surface area (Å²) in [4.78, 5) is 0. The summed E-state index contributed by atoms with van der Waals surface area (Å²) in [6.07, 6.45) is 3.31. The fraction of sp³-hybridized carbons (Fsp3) is 0.438. The highest BCUT2D eigenvalue weighted by Gasteiger charge is 2.19. The van der Waals surface area contributed by atoms with Crippen LogP contribution in [0.15, 0.2) is 30.5 Å². The van der Waals surface area contributed by atoms with E-state index < -0.39 is 0 Å². The number of hydrogen-bond donors (Lipinski definition) is 1. The lowest BCUT2D eigenvalue weighted by atomic mass is 10.0. The molecule has 0 radical (unpaired) electrons. The van der Waals surface area contributed by atoms with Gasteiger partial charge in [0, 0.05) is 23.3 Å². The Morgan fingerprint density at radius 1 is 1.33 bits per heavy atom. The van der Waals surface area contributed by atoms with Gasteiger partial charge in [0.2, 0.25) is 0 Å². The third kappa shape index (κ3) is 3.83. The molecule has 5 heteroatoms. The topological polar surface area (TPSA) is 29.9 Å². The lowest BCUT2D eigenvalue weighted by Gasteiger charge is -2.20. The number of benzene rings is 1. The Balaban J connectivity index is 2.29. The molecule has 0 aliphatic rings. The summed E-state index contributed by atoms with van der Waals surface area (Å²) in [6.45, 7) is 5.81. The van der Waals surface area contributed by atoms with E-state index in [0.29, 0.717) is 17.0 Å². The van der Waals surface area contributed by atoms with Gasteiger partial charge in [0.1, 0.15) is 5.82 Å². The van der Waals surface area contributed by atoms with Gasteiger partial charge in [0.05, 0.1) is 11.7 Å². The van der Waals surface area contributed by atoms with Crippen LogP contribution in [0.4, 0.5) is 4.39 Å². The zero-order chi connectivity index (χ0) is 15.2. The van der Waals surface area contributed by atoms with Crippen molar-refractivity contribution in [2.45, 2.75) is 39.3 Å². The average Bonchev–Trinajstić information content (AvgIpc) is 2.90. The molecular weight excluding hydrogens is 289 g/mol. The first-order valence-electron chi connectivity index (χ1n) is 7.35. The normalized spacial score (nSPS) is 12.6. The molecule has 0 amide bonds. The molecule has 1 atom stereocenters. The van der Waals surface area contributed by atoms with Gasteiger partial charge in [0.25, 0.3) is 0 Å². The Bertz CT molecular complexity index is 562. The third-order valence-corrected chi connectivity index (χ3v) is 3.82. The monoisotopic (exact) mass is 309 g/mol. The summed E-state index contributed by atoms with van der Waals surface area (Å²) in [5.41, 5.74) is 1.62. The standard InChI is InChI=1S/C16H21ClFN3/c1-3-10-21-16(8-9-20-21)15(19-4-2)11-12-13(17)6-5-7-14(12)18/h5-9,15,19H,3-4,10-11H2,1-2H3. The summed E-state index contributed by atoms with van der Waals surface area (Å²) in [5.74, 6) is -0.257. The van der Waals surface area contributed by atoms with Crippen molar-refractivity contribution in [3.63, 3.8) is 0 Å². The highest BCUT2D eigenvalue weighted by Crippen LogP contribution is 2.26. The van der Waals surface area contributed by atoms with Gasteiger partial charge in [-0.1, -0.05) is 31.5 Å². The number of aryl methyl sites for hydroxylation is 1. The molecule has 0 saturated carbocycles. The quantitative estimate of drug-likeness (QED) is 0.838. The molecule has 3 nitrogen and oxygen atoms in total. The maximum atomic E-state index is 14.0.